The molecule has 0 radical (unpaired) electrons. The Kier molecular flexibility index (Phi) is 4.47. The first kappa shape index (κ1) is 14.2. The van der Waals surface area contributed by atoms with Crippen LogP contribution in [0.15, 0.2) is 24.3 Å². The summed E-state index contributed by atoms with van der Waals surface area (Å²) in [4.78, 5) is 21.4. The zero-order chi connectivity index (χ0) is 13.8. The highest BCUT2D eigenvalue weighted by atomic mass is 19.4. The lowest BCUT2D eigenvalue weighted by Gasteiger charge is -2.12. The quantitative estimate of drug-likeness (QED) is 0.840. The van der Waals surface area contributed by atoms with Crippen LogP contribution in [0.1, 0.15) is 18.1 Å². The molecular weight excluding hydrogens is 247 g/mol. The third kappa shape index (κ3) is 4.20. The molecular formula is C12H12F3NO2. The maximum Gasteiger partial charge on any atom is 0.416 e. The van der Waals surface area contributed by atoms with Crippen LogP contribution in [0.3, 0.4) is 0 Å². The maximum atomic E-state index is 12.3. The van der Waals surface area contributed by atoms with Crippen molar-refractivity contribution in [3.8, 4) is 0 Å². The Balaban J connectivity index is 2.74. The molecule has 0 aliphatic heterocycles. The number of nitrogens with one attached hydrogen (secondary N) is 1. The average molecular weight is 259 g/mol. The minimum absolute atomic E-state index is 0.168. The molecule has 0 aliphatic rings. The van der Waals surface area contributed by atoms with Crippen LogP contribution in [-0.4, -0.2) is 18.2 Å². The van der Waals surface area contributed by atoms with Crippen LogP contribution in [0.4, 0.5) is 13.2 Å². The number of aldehydes is 1. The highest BCUT2D eigenvalue weighted by Crippen LogP contribution is 2.29. The molecule has 0 unspecified atom stereocenters. The summed E-state index contributed by atoms with van der Waals surface area (Å²) in [6, 6.07) is 3.76. The first-order valence-corrected chi connectivity index (χ1v) is 5.21. The van der Waals surface area contributed by atoms with Gasteiger partial charge < -0.3 is 10.1 Å². The molecule has 3 nitrogen and oxygen atoms in total. The van der Waals surface area contributed by atoms with Crippen LogP contribution < -0.4 is 5.32 Å². The van der Waals surface area contributed by atoms with Crippen LogP contribution in [0, 0.1) is 0 Å². The van der Waals surface area contributed by atoms with Gasteiger partial charge in [-0.15, -0.1) is 0 Å². The van der Waals surface area contributed by atoms with Gasteiger partial charge in [0, 0.05) is 6.92 Å². The smallest absolute Gasteiger partial charge is 0.346 e. The lowest BCUT2D eigenvalue weighted by Crippen LogP contribution is -2.35. The Bertz CT molecular complexity index is 426. The summed E-state index contributed by atoms with van der Waals surface area (Å²) in [5, 5.41) is 2.39. The van der Waals surface area contributed by atoms with Gasteiger partial charge >= 0.3 is 6.18 Å². The molecule has 1 N–H and O–H groups in total. The van der Waals surface area contributed by atoms with Gasteiger partial charge in [-0.25, -0.2) is 0 Å². The van der Waals surface area contributed by atoms with Crippen LogP contribution in [0.2, 0.25) is 0 Å². The van der Waals surface area contributed by atoms with E-state index in [-0.39, 0.29) is 12.3 Å². The molecule has 0 saturated carbocycles. The third-order valence-electron chi connectivity index (χ3n) is 2.29. The second kappa shape index (κ2) is 5.66. The van der Waals surface area contributed by atoms with E-state index < -0.39 is 17.8 Å². The van der Waals surface area contributed by atoms with Crippen molar-refractivity contribution in [2.75, 3.05) is 0 Å². The Morgan fingerprint density at radius 3 is 2.28 bits per heavy atom. The summed E-state index contributed by atoms with van der Waals surface area (Å²) in [6.07, 6.45) is -3.65. The fourth-order valence-corrected chi connectivity index (χ4v) is 1.48. The van der Waals surface area contributed by atoms with Crippen LogP contribution >= 0.6 is 0 Å². The first-order chi connectivity index (χ1) is 8.32. The molecule has 0 spiro atoms. The molecule has 0 heterocycles. The van der Waals surface area contributed by atoms with Crippen molar-refractivity contribution in [2.24, 2.45) is 0 Å². The molecule has 18 heavy (non-hydrogen) atoms. The Morgan fingerprint density at radius 1 is 1.33 bits per heavy atom. The summed E-state index contributed by atoms with van der Waals surface area (Å²) in [6.45, 7) is 1.27. The lowest BCUT2D eigenvalue weighted by atomic mass is 10.0. The SMILES string of the molecule is CC(=O)N[C@H](C=O)Cc1ccc(C(F)(F)F)cc1. The maximum absolute atomic E-state index is 12.3. The molecule has 0 aliphatic carbocycles. The van der Waals surface area contributed by atoms with Gasteiger partial charge in [-0.1, -0.05) is 12.1 Å². The number of rotatable bonds is 4. The molecule has 1 aromatic carbocycles. The van der Waals surface area contributed by atoms with Crippen molar-refractivity contribution in [3.05, 3.63) is 35.4 Å². The zero-order valence-electron chi connectivity index (χ0n) is 9.62. The van der Waals surface area contributed by atoms with Crippen molar-refractivity contribution in [1.82, 2.24) is 5.32 Å². The molecule has 1 rings (SSSR count). The van der Waals surface area contributed by atoms with Gasteiger partial charge in [0.25, 0.3) is 0 Å². The predicted molar refractivity (Wildman–Crippen MR) is 58.8 cm³/mol. The van der Waals surface area contributed by atoms with E-state index in [1.807, 2.05) is 0 Å². The van der Waals surface area contributed by atoms with E-state index in [2.05, 4.69) is 5.32 Å². The number of carbonyl (C=O) groups excluding carboxylic acids is 2. The second-order valence-corrected chi connectivity index (χ2v) is 3.84. The molecule has 0 fully saturated rings. The van der Waals surface area contributed by atoms with E-state index in [1.165, 1.54) is 19.1 Å². The second-order valence-electron chi connectivity index (χ2n) is 3.84. The molecule has 6 heteroatoms. The summed E-state index contributed by atoms with van der Waals surface area (Å²) >= 11 is 0. The van der Waals surface area contributed by atoms with E-state index in [9.17, 15) is 22.8 Å². The van der Waals surface area contributed by atoms with Gasteiger partial charge in [0.05, 0.1) is 11.6 Å². The number of benzene rings is 1. The standard InChI is InChI=1S/C12H12F3NO2/c1-8(18)16-11(7-17)6-9-2-4-10(5-3-9)12(13,14)15/h2-5,7,11H,6H2,1H3,(H,16,18)/t11-/m0/s1. The summed E-state index contributed by atoms with van der Waals surface area (Å²) in [7, 11) is 0. The number of halogens is 3. The van der Waals surface area contributed by atoms with Gasteiger partial charge in [-0.05, 0) is 24.1 Å². The Hall–Kier alpha value is -1.85. The number of alkyl halides is 3. The topological polar surface area (TPSA) is 46.2 Å². The van der Waals surface area contributed by atoms with Crippen LogP contribution in [0.25, 0.3) is 0 Å². The third-order valence-corrected chi connectivity index (χ3v) is 2.29. The van der Waals surface area contributed by atoms with Crippen molar-refractivity contribution in [2.45, 2.75) is 25.6 Å². The minimum atomic E-state index is -4.37. The number of hydrogen-bond acceptors (Lipinski definition) is 2. The summed E-state index contributed by atoms with van der Waals surface area (Å²) < 4.78 is 36.9. The minimum Gasteiger partial charge on any atom is -0.346 e. The molecule has 98 valence electrons. The first-order valence-electron chi connectivity index (χ1n) is 5.21. The molecule has 0 bridgehead atoms. The van der Waals surface area contributed by atoms with Crippen LogP contribution in [0.5, 0.6) is 0 Å². The average Bonchev–Trinajstić information content (AvgIpc) is 2.27. The Morgan fingerprint density at radius 2 is 1.89 bits per heavy atom. The summed E-state index contributed by atoms with van der Waals surface area (Å²) in [5.74, 6) is -0.362. The van der Waals surface area contributed by atoms with E-state index in [0.29, 0.717) is 11.8 Å². The van der Waals surface area contributed by atoms with Gasteiger partial charge in [-0.2, -0.15) is 13.2 Å². The van der Waals surface area contributed by atoms with Gasteiger partial charge in [-0.3, -0.25) is 4.79 Å². The molecule has 0 aromatic heterocycles. The lowest BCUT2D eigenvalue weighted by molar-refractivity contribution is -0.137. The fourth-order valence-electron chi connectivity index (χ4n) is 1.48. The summed E-state index contributed by atoms with van der Waals surface area (Å²) in [5.41, 5.74) is -0.192. The van der Waals surface area contributed by atoms with E-state index in [0.717, 1.165) is 12.1 Å². The molecule has 1 aromatic rings. The van der Waals surface area contributed by atoms with Gasteiger partial charge in [0.2, 0.25) is 5.91 Å². The van der Waals surface area contributed by atoms with Crippen LogP contribution in [-0.2, 0) is 22.2 Å². The van der Waals surface area contributed by atoms with Gasteiger partial charge in [0.15, 0.2) is 0 Å². The van der Waals surface area contributed by atoms with Crippen molar-refractivity contribution < 1.29 is 22.8 Å². The largest absolute Gasteiger partial charge is 0.416 e. The zero-order valence-corrected chi connectivity index (χ0v) is 9.62. The Labute approximate surface area is 102 Å². The number of carbonyl (C=O) groups is 2. The monoisotopic (exact) mass is 259 g/mol. The highest BCUT2D eigenvalue weighted by molar-refractivity contribution is 5.77. The fraction of sp³-hybridized carbons (Fsp3) is 0.333. The van der Waals surface area contributed by atoms with E-state index in [1.54, 1.807) is 0 Å². The van der Waals surface area contributed by atoms with Crippen molar-refractivity contribution in [3.63, 3.8) is 0 Å². The predicted octanol–water partition coefficient (Wildman–Crippen LogP) is 1.95. The molecule has 0 saturated heterocycles. The van der Waals surface area contributed by atoms with Crippen molar-refractivity contribution in [1.29, 1.82) is 0 Å². The van der Waals surface area contributed by atoms with E-state index in [4.69, 9.17) is 0 Å². The van der Waals surface area contributed by atoms with Crippen molar-refractivity contribution >= 4 is 12.2 Å². The number of amides is 1. The molecule has 1 amide bonds. The highest BCUT2D eigenvalue weighted by Gasteiger charge is 2.29. The molecule has 1 atom stereocenters. The van der Waals surface area contributed by atoms with Gasteiger partial charge in [0.1, 0.15) is 6.29 Å². The van der Waals surface area contributed by atoms with E-state index >= 15 is 0 Å². The number of hydrogen-bond donors (Lipinski definition) is 1. The normalized spacial score (nSPS) is 12.9.